The van der Waals surface area contributed by atoms with Gasteiger partial charge >= 0.3 is 6.18 Å². The van der Waals surface area contributed by atoms with Crippen molar-refractivity contribution < 1.29 is 13.2 Å². The van der Waals surface area contributed by atoms with Gasteiger partial charge in [-0.15, -0.1) is 0 Å². The average molecular weight is 286 g/mol. The smallest absolute Gasteiger partial charge is 0.329 e. The van der Waals surface area contributed by atoms with Gasteiger partial charge in [0.1, 0.15) is 0 Å². The number of nitrogens with two attached hydrogens (primary N) is 1. The lowest BCUT2D eigenvalue weighted by Gasteiger charge is -2.33. The van der Waals surface area contributed by atoms with E-state index in [1.807, 2.05) is 7.05 Å². The molecule has 1 aromatic rings. The Bertz CT molecular complexity index is 439. The van der Waals surface area contributed by atoms with Gasteiger partial charge in [0.2, 0.25) is 0 Å². The van der Waals surface area contributed by atoms with Gasteiger partial charge in [-0.3, -0.25) is 4.90 Å². The molecule has 1 aliphatic rings. The average Bonchev–Trinajstić information content (AvgIpc) is 2.93. The molecule has 1 fully saturated rings. The lowest BCUT2D eigenvalue weighted by atomic mass is 10.0. The molecule has 0 aliphatic heterocycles. The first-order valence-electron chi connectivity index (χ1n) is 7.02. The first-order chi connectivity index (χ1) is 9.43. The number of alkyl halides is 3. The fourth-order valence-electron chi connectivity index (χ4n) is 3.03. The molecular weight excluding hydrogens is 265 g/mol. The van der Waals surface area contributed by atoms with Crippen molar-refractivity contribution in [3.8, 4) is 0 Å². The zero-order valence-electron chi connectivity index (χ0n) is 11.7. The Morgan fingerprint density at radius 3 is 2.50 bits per heavy atom. The Hall–Kier alpha value is -1.07. The number of likely N-dealkylation sites (N-methyl/N-ethyl adjacent to an activating group) is 1. The summed E-state index contributed by atoms with van der Waals surface area (Å²) in [4.78, 5) is 2.14. The normalized spacial score (nSPS) is 18.7. The molecule has 1 atom stereocenters. The molecule has 2 rings (SSSR count). The highest BCUT2D eigenvalue weighted by Crippen LogP contribution is 2.33. The van der Waals surface area contributed by atoms with Crippen molar-refractivity contribution in [2.45, 2.75) is 43.9 Å². The first kappa shape index (κ1) is 15.3. The largest absolute Gasteiger partial charge is 0.416 e. The van der Waals surface area contributed by atoms with Crippen molar-refractivity contribution in [1.82, 2.24) is 4.90 Å². The molecule has 0 aromatic heterocycles. The quantitative estimate of drug-likeness (QED) is 0.916. The van der Waals surface area contributed by atoms with E-state index < -0.39 is 11.7 Å². The Labute approximate surface area is 117 Å². The van der Waals surface area contributed by atoms with Gasteiger partial charge in [0.15, 0.2) is 0 Å². The SMILES string of the molecule is CN(C1CCCC1)C(CN)c1cccc(C(F)(F)F)c1. The number of benzene rings is 1. The summed E-state index contributed by atoms with van der Waals surface area (Å²) in [6.07, 6.45) is 0.281. The monoisotopic (exact) mass is 286 g/mol. The molecule has 0 spiro atoms. The van der Waals surface area contributed by atoms with E-state index in [0.717, 1.165) is 18.9 Å². The second-order valence-electron chi connectivity index (χ2n) is 5.48. The molecule has 1 unspecified atom stereocenters. The third-order valence-electron chi connectivity index (χ3n) is 4.21. The summed E-state index contributed by atoms with van der Waals surface area (Å²) in [6.45, 7) is 0.328. The summed E-state index contributed by atoms with van der Waals surface area (Å²) in [6, 6.07) is 5.80. The van der Waals surface area contributed by atoms with E-state index in [2.05, 4.69) is 4.90 Å². The van der Waals surface area contributed by atoms with Crippen LogP contribution in [-0.2, 0) is 6.18 Å². The van der Waals surface area contributed by atoms with E-state index in [1.54, 1.807) is 6.07 Å². The van der Waals surface area contributed by atoms with E-state index in [-0.39, 0.29) is 6.04 Å². The number of nitrogens with zero attached hydrogens (tertiary/aromatic N) is 1. The first-order valence-corrected chi connectivity index (χ1v) is 7.02. The van der Waals surface area contributed by atoms with Crippen molar-refractivity contribution in [3.05, 3.63) is 35.4 Å². The van der Waals surface area contributed by atoms with Gasteiger partial charge in [-0.25, -0.2) is 0 Å². The number of rotatable bonds is 4. The lowest BCUT2D eigenvalue weighted by Crippen LogP contribution is -2.37. The molecule has 0 saturated heterocycles. The molecular formula is C15H21F3N2. The maximum Gasteiger partial charge on any atom is 0.416 e. The molecule has 20 heavy (non-hydrogen) atoms. The minimum atomic E-state index is -4.30. The van der Waals surface area contributed by atoms with E-state index in [4.69, 9.17) is 5.73 Å². The van der Waals surface area contributed by atoms with E-state index >= 15 is 0 Å². The zero-order chi connectivity index (χ0) is 14.8. The van der Waals surface area contributed by atoms with E-state index in [0.29, 0.717) is 18.2 Å². The highest BCUT2D eigenvalue weighted by atomic mass is 19.4. The maximum absolute atomic E-state index is 12.8. The van der Waals surface area contributed by atoms with Crippen LogP contribution in [0.15, 0.2) is 24.3 Å². The summed E-state index contributed by atoms with van der Waals surface area (Å²) in [7, 11) is 1.97. The van der Waals surface area contributed by atoms with Crippen molar-refractivity contribution >= 4 is 0 Å². The molecule has 1 aromatic carbocycles. The summed E-state index contributed by atoms with van der Waals surface area (Å²) in [5, 5.41) is 0. The van der Waals surface area contributed by atoms with Crippen molar-refractivity contribution in [2.24, 2.45) is 5.73 Å². The number of hydrogen-bond acceptors (Lipinski definition) is 2. The fourth-order valence-corrected chi connectivity index (χ4v) is 3.03. The second kappa shape index (κ2) is 6.14. The van der Waals surface area contributed by atoms with Crippen LogP contribution in [0.1, 0.15) is 42.9 Å². The van der Waals surface area contributed by atoms with Crippen molar-refractivity contribution in [2.75, 3.05) is 13.6 Å². The Morgan fingerprint density at radius 1 is 1.30 bits per heavy atom. The summed E-state index contributed by atoms with van der Waals surface area (Å²) in [5.74, 6) is 0. The lowest BCUT2D eigenvalue weighted by molar-refractivity contribution is -0.137. The highest BCUT2D eigenvalue weighted by Gasteiger charge is 2.32. The summed E-state index contributed by atoms with van der Waals surface area (Å²) < 4.78 is 38.4. The third-order valence-corrected chi connectivity index (χ3v) is 4.21. The highest BCUT2D eigenvalue weighted by molar-refractivity contribution is 5.28. The zero-order valence-corrected chi connectivity index (χ0v) is 11.7. The molecule has 5 heteroatoms. The third kappa shape index (κ3) is 3.33. The van der Waals surface area contributed by atoms with Gasteiger partial charge in [-0.1, -0.05) is 25.0 Å². The molecule has 0 heterocycles. The van der Waals surface area contributed by atoms with Crippen LogP contribution < -0.4 is 5.73 Å². The molecule has 0 amide bonds. The molecule has 0 bridgehead atoms. The van der Waals surface area contributed by atoms with Crippen LogP contribution in [0.25, 0.3) is 0 Å². The topological polar surface area (TPSA) is 29.3 Å². The minimum absolute atomic E-state index is 0.152. The van der Waals surface area contributed by atoms with Crippen molar-refractivity contribution in [1.29, 1.82) is 0 Å². The molecule has 1 aliphatic carbocycles. The van der Waals surface area contributed by atoms with Gasteiger partial charge in [0.05, 0.1) is 5.56 Å². The van der Waals surface area contributed by atoms with E-state index in [9.17, 15) is 13.2 Å². The Morgan fingerprint density at radius 2 is 1.95 bits per heavy atom. The number of hydrogen-bond donors (Lipinski definition) is 1. The van der Waals surface area contributed by atoms with E-state index in [1.165, 1.54) is 25.0 Å². The van der Waals surface area contributed by atoms with Gasteiger partial charge in [-0.2, -0.15) is 13.2 Å². The minimum Gasteiger partial charge on any atom is -0.329 e. The number of halogens is 3. The van der Waals surface area contributed by atoms with Crippen LogP contribution in [0.3, 0.4) is 0 Å². The van der Waals surface area contributed by atoms with Crippen LogP contribution in [0.4, 0.5) is 13.2 Å². The van der Waals surface area contributed by atoms with Gasteiger partial charge < -0.3 is 5.73 Å². The van der Waals surface area contributed by atoms with Crippen LogP contribution in [0.2, 0.25) is 0 Å². The summed E-state index contributed by atoms with van der Waals surface area (Å²) >= 11 is 0. The van der Waals surface area contributed by atoms with Crippen molar-refractivity contribution in [3.63, 3.8) is 0 Å². The maximum atomic E-state index is 12.8. The van der Waals surface area contributed by atoms with Gasteiger partial charge in [0.25, 0.3) is 0 Å². The second-order valence-corrected chi connectivity index (χ2v) is 5.48. The Kier molecular flexibility index (Phi) is 4.70. The summed E-state index contributed by atoms with van der Waals surface area (Å²) in [5.41, 5.74) is 5.86. The standard InChI is InChI=1S/C15H21F3N2/c1-20(13-7-2-3-8-13)14(10-19)11-5-4-6-12(9-11)15(16,17)18/h4-6,9,13-14H,2-3,7-8,10,19H2,1H3. The Balaban J connectivity index is 2.22. The molecule has 2 nitrogen and oxygen atoms in total. The molecule has 1 saturated carbocycles. The van der Waals surface area contributed by atoms with Gasteiger partial charge in [0, 0.05) is 18.6 Å². The fraction of sp³-hybridized carbons (Fsp3) is 0.600. The predicted octanol–water partition coefficient (Wildman–Crippen LogP) is 3.58. The van der Waals surface area contributed by atoms with Crippen LogP contribution in [0.5, 0.6) is 0 Å². The van der Waals surface area contributed by atoms with Gasteiger partial charge in [-0.05, 0) is 37.6 Å². The predicted molar refractivity (Wildman–Crippen MR) is 73.3 cm³/mol. The van der Waals surface area contributed by atoms with Crippen LogP contribution in [-0.4, -0.2) is 24.5 Å². The molecule has 112 valence electrons. The molecule has 2 N–H and O–H groups in total. The van der Waals surface area contributed by atoms with Crippen LogP contribution in [0, 0.1) is 0 Å². The van der Waals surface area contributed by atoms with Crippen LogP contribution >= 0.6 is 0 Å². The molecule has 0 radical (unpaired) electrons.